The molecule has 2 heterocycles. The van der Waals surface area contributed by atoms with Gasteiger partial charge in [-0.1, -0.05) is 29.5 Å². The van der Waals surface area contributed by atoms with Gasteiger partial charge in [-0.3, -0.25) is 4.79 Å². The molecule has 0 spiro atoms. The molecule has 1 saturated heterocycles. The maximum absolute atomic E-state index is 14.2. The first-order valence-electron chi connectivity index (χ1n) is 9.94. The molecule has 1 aliphatic carbocycles. The Hall–Kier alpha value is -2.54. The van der Waals surface area contributed by atoms with E-state index < -0.39 is 0 Å². The van der Waals surface area contributed by atoms with Gasteiger partial charge < -0.3 is 9.80 Å². The highest BCUT2D eigenvalue weighted by atomic mass is 32.1. The summed E-state index contributed by atoms with van der Waals surface area (Å²) < 4.78 is 28.9. The molecule has 2 aliphatic rings. The SMILES string of the molecule is O=C(Cc1ccc(C2CC2)c(F)c1)N1CCN(c2nc3c(F)cccc3s2)CC1. The number of para-hydroxylation sites is 1. The van der Waals surface area contributed by atoms with Crippen LogP contribution in [0.4, 0.5) is 13.9 Å². The van der Waals surface area contributed by atoms with Gasteiger partial charge in [0.25, 0.3) is 0 Å². The average molecular weight is 413 g/mol. The van der Waals surface area contributed by atoms with Gasteiger partial charge in [0, 0.05) is 26.2 Å². The number of hydrogen-bond acceptors (Lipinski definition) is 4. The molecule has 150 valence electrons. The number of benzene rings is 2. The molecule has 7 heteroatoms. The summed E-state index contributed by atoms with van der Waals surface area (Å²) in [5.41, 5.74) is 1.91. The molecule has 0 atom stereocenters. The van der Waals surface area contributed by atoms with E-state index in [1.165, 1.54) is 23.5 Å². The second-order valence-electron chi connectivity index (χ2n) is 7.76. The van der Waals surface area contributed by atoms with Crippen molar-refractivity contribution in [3.05, 3.63) is 59.2 Å². The molecule has 1 aromatic heterocycles. The van der Waals surface area contributed by atoms with Crippen molar-refractivity contribution in [1.82, 2.24) is 9.88 Å². The van der Waals surface area contributed by atoms with Crippen molar-refractivity contribution in [3.8, 4) is 0 Å². The van der Waals surface area contributed by atoms with Crippen LogP contribution in [0.15, 0.2) is 36.4 Å². The lowest BCUT2D eigenvalue weighted by Gasteiger charge is -2.34. The van der Waals surface area contributed by atoms with Crippen molar-refractivity contribution >= 4 is 32.6 Å². The van der Waals surface area contributed by atoms with Crippen LogP contribution in [0.1, 0.15) is 29.9 Å². The van der Waals surface area contributed by atoms with E-state index in [0.29, 0.717) is 37.6 Å². The second kappa shape index (κ2) is 7.37. The van der Waals surface area contributed by atoms with Crippen molar-refractivity contribution in [2.24, 2.45) is 0 Å². The van der Waals surface area contributed by atoms with Gasteiger partial charge in [-0.25, -0.2) is 13.8 Å². The number of carbonyl (C=O) groups excluding carboxylic acids is 1. The number of nitrogens with zero attached hydrogens (tertiary/aromatic N) is 3. The summed E-state index contributed by atoms with van der Waals surface area (Å²) in [5, 5.41) is 0.787. The van der Waals surface area contributed by atoms with E-state index >= 15 is 0 Å². The number of rotatable bonds is 4. The number of amides is 1. The fourth-order valence-corrected chi connectivity index (χ4v) is 4.91. The molecule has 0 radical (unpaired) electrons. The molecule has 2 fully saturated rings. The van der Waals surface area contributed by atoms with Gasteiger partial charge in [0.1, 0.15) is 17.2 Å². The van der Waals surface area contributed by atoms with Crippen LogP contribution < -0.4 is 4.90 Å². The van der Waals surface area contributed by atoms with Gasteiger partial charge >= 0.3 is 0 Å². The second-order valence-corrected chi connectivity index (χ2v) is 8.77. The number of thiazole rings is 1. The topological polar surface area (TPSA) is 36.4 Å². The zero-order chi connectivity index (χ0) is 20.0. The molecular formula is C22H21F2N3OS. The Morgan fingerprint density at radius 2 is 1.86 bits per heavy atom. The molecule has 1 aliphatic heterocycles. The molecule has 1 amide bonds. The smallest absolute Gasteiger partial charge is 0.227 e. The Morgan fingerprint density at radius 3 is 2.55 bits per heavy atom. The monoisotopic (exact) mass is 413 g/mol. The van der Waals surface area contributed by atoms with E-state index in [4.69, 9.17) is 0 Å². The lowest BCUT2D eigenvalue weighted by Crippen LogP contribution is -2.49. The third kappa shape index (κ3) is 3.71. The molecule has 0 unspecified atom stereocenters. The highest BCUT2D eigenvalue weighted by Crippen LogP contribution is 2.41. The molecule has 2 aromatic carbocycles. The fourth-order valence-electron chi connectivity index (χ4n) is 3.88. The Bertz CT molecular complexity index is 1070. The summed E-state index contributed by atoms with van der Waals surface area (Å²) in [5.74, 6) is -0.119. The van der Waals surface area contributed by atoms with E-state index in [-0.39, 0.29) is 24.0 Å². The van der Waals surface area contributed by atoms with Gasteiger partial charge in [0.2, 0.25) is 5.91 Å². The molecule has 29 heavy (non-hydrogen) atoms. The van der Waals surface area contributed by atoms with Gasteiger partial charge in [-0.05, 0) is 48.1 Å². The first kappa shape index (κ1) is 18.5. The molecule has 1 saturated carbocycles. The summed E-state index contributed by atoms with van der Waals surface area (Å²) in [7, 11) is 0. The predicted octanol–water partition coefficient (Wildman–Crippen LogP) is 4.34. The summed E-state index contributed by atoms with van der Waals surface area (Å²) in [6, 6.07) is 10.2. The van der Waals surface area contributed by atoms with Crippen molar-refractivity contribution in [2.45, 2.75) is 25.2 Å². The summed E-state index contributed by atoms with van der Waals surface area (Å²) in [6.07, 6.45) is 2.33. The number of halogens is 2. The van der Waals surface area contributed by atoms with Crippen LogP contribution in [0.3, 0.4) is 0 Å². The van der Waals surface area contributed by atoms with E-state index in [1.807, 2.05) is 23.1 Å². The van der Waals surface area contributed by atoms with Crippen LogP contribution in [-0.4, -0.2) is 42.0 Å². The van der Waals surface area contributed by atoms with Crippen molar-refractivity contribution in [3.63, 3.8) is 0 Å². The molecular weight excluding hydrogens is 392 g/mol. The minimum absolute atomic E-state index is 0.0126. The van der Waals surface area contributed by atoms with Crippen molar-refractivity contribution < 1.29 is 13.6 Å². The summed E-state index contributed by atoms with van der Waals surface area (Å²) in [6.45, 7) is 2.48. The van der Waals surface area contributed by atoms with Crippen LogP contribution in [0, 0.1) is 11.6 Å². The Balaban J connectivity index is 1.21. The quantitative estimate of drug-likeness (QED) is 0.638. The minimum Gasteiger partial charge on any atom is -0.345 e. The van der Waals surface area contributed by atoms with Gasteiger partial charge in [-0.2, -0.15) is 0 Å². The molecule has 5 rings (SSSR count). The van der Waals surface area contributed by atoms with Gasteiger partial charge in [0.05, 0.1) is 11.1 Å². The van der Waals surface area contributed by atoms with Gasteiger partial charge in [0.15, 0.2) is 5.13 Å². The maximum Gasteiger partial charge on any atom is 0.227 e. The lowest BCUT2D eigenvalue weighted by atomic mass is 10.0. The lowest BCUT2D eigenvalue weighted by molar-refractivity contribution is -0.130. The van der Waals surface area contributed by atoms with E-state index in [1.54, 1.807) is 6.07 Å². The Labute approximate surface area is 171 Å². The fraction of sp³-hybridized carbons (Fsp3) is 0.364. The van der Waals surface area contributed by atoms with Crippen molar-refractivity contribution in [2.75, 3.05) is 31.1 Å². The van der Waals surface area contributed by atoms with E-state index in [9.17, 15) is 13.6 Å². The number of aromatic nitrogens is 1. The third-order valence-electron chi connectivity index (χ3n) is 5.70. The predicted molar refractivity (Wildman–Crippen MR) is 110 cm³/mol. The molecule has 0 bridgehead atoms. The largest absolute Gasteiger partial charge is 0.345 e. The zero-order valence-corrected chi connectivity index (χ0v) is 16.7. The van der Waals surface area contributed by atoms with Crippen molar-refractivity contribution in [1.29, 1.82) is 0 Å². The number of piperazine rings is 1. The Morgan fingerprint density at radius 1 is 1.07 bits per heavy atom. The van der Waals surface area contributed by atoms with Crippen LogP contribution in [0.2, 0.25) is 0 Å². The van der Waals surface area contributed by atoms with Crippen LogP contribution in [-0.2, 0) is 11.2 Å². The summed E-state index contributed by atoms with van der Waals surface area (Å²) in [4.78, 5) is 21.0. The van der Waals surface area contributed by atoms with Crippen LogP contribution >= 0.6 is 11.3 Å². The molecule has 3 aromatic rings. The highest BCUT2D eigenvalue weighted by Gasteiger charge is 2.27. The minimum atomic E-state index is -0.307. The van der Waals surface area contributed by atoms with Crippen LogP contribution in [0.5, 0.6) is 0 Å². The average Bonchev–Trinajstić information content (AvgIpc) is 3.46. The van der Waals surface area contributed by atoms with Gasteiger partial charge in [-0.15, -0.1) is 0 Å². The third-order valence-corrected chi connectivity index (χ3v) is 6.78. The Kier molecular flexibility index (Phi) is 4.70. The number of carbonyl (C=O) groups is 1. The first-order chi connectivity index (χ1) is 14.1. The van der Waals surface area contributed by atoms with E-state index in [0.717, 1.165) is 33.8 Å². The number of fused-ring (bicyclic) bond motifs is 1. The number of anilines is 1. The normalized spacial score (nSPS) is 17.2. The first-order valence-corrected chi connectivity index (χ1v) is 10.8. The highest BCUT2D eigenvalue weighted by molar-refractivity contribution is 7.22. The molecule has 4 nitrogen and oxygen atoms in total. The zero-order valence-electron chi connectivity index (χ0n) is 15.9. The standard InChI is InChI=1S/C22H21F2N3OS/c23-17-2-1-3-19-21(17)25-22(29-19)27-10-8-26(9-11-27)20(28)13-14-4-7-16(15-5-6-15)18(24)12-14/h1-4,7,12,15H,5-6,8-11,13H2. The van der Waals surface area contributed by atoms with Crippen LogP contribution in [0.25, 0.3) is 10.2 Å². The number of hydrogen-bond donors (Lipinski definition) is 0. The summed E-state index contributed by atoms with van der Waals surface area (Å²) >= 11 is 1.47. The maximum atomic E-state index is 14.2. The van der Waals surface area contributed by atoms with E-state index in [2.05, 4.69) is 9.88 Å². The molecule has 0 N–H and O–H groups in total.